The lowest BCUT2D eigenvalue weighted by atomic mass is 9.45. The Morgan fingerprint density at radius 3 is 2.61 bits per heavy atom. The van der Waals surface area contributed by atoms with Gasteiger partial charge >= 0.3 is 0 Å². The summed E-state index contributed by atoms with van der Waals surface area (Å²) >= 11 is 0. The van der Waals surface area contributed by atoms with Crippen LogP contribution >= 0.6 is 0 Å². The van der Waals surface area contributed by atoms with E-state index >= 15 is 0 Å². The number of allylic oxidation sites excluding steroid dienone is 3. The maximum absolute atomic E-state index is 13.9. The van der Waals surface area contributed by atoms with E-state index in [1.165, 1.54) is 36.8 Å². The molecule has 172 valence electrons. The summed E-state index contributed by atoms with van der Waals surface area (Å²) in [5.74, 6) is 3.38. The van der Waals surface area contributed by atoms with Gasteiger partial charge in [-0.2, -0.15) is 0 Å². The third kappa shape index (κ3) is 3.10. The number of rotatable bonds is 4. The van der Waals surface area contributed by atoms with Crippen LogP contribution in [0.1, 0.15) is 98.8 Å². The molecule has 5 aliphatic carbocycles. The summed E-state index contributed by atoms with van der Waals surface area (Å²) in [5.41, 5.74) is 3.14. The molecule has 0 radical (unpaired) electrons. The lowest BCUT2D eigenvalue weighted by Gasteiger charge is -2.59. The molecule has 0 aliphatic heterocycles. The molecule has 0 saturated heterocycles. The Bertz CT molecular complexity index is 813. The van der Waals surface area contributed by atoms with Crippen molar-refractivity contribution in [3.8, 4) is 0 Å². The highest BCUT2D eigenvalue weighted by Crippen LogP contribution is 2.72. The lowest BCUT2D eigenvalue weighted by molar-refractivity contribution is -0.146. The highest BCUT2D eigenvalue weighted by Gasteiger charge is 2.67. The molecule has 8 atom stereocenters. The third-order valence-electron chi connectivity index (χ3n) is 11.0. The van der Waals surface area contributed by atoms with Crippen LogP contribution < -0.4 is 0 Å². The van der Waals surface area contributed by atoms with Crippen LogP contribution in [0.25, 0.3) is 0 Å². The minimum Gasteiger partial charge on any atom is -0.392 e. The van der Waals surface area contributed by atoms with E-state index in [2.05, 4.69) is 46.8 Å². The maximum atomic E-state index is 13.9. The molecular weight excluding hydrogens is 380 g/mol. The van der Waals surface area contributed by atoms with Crippen molar-refractivity contribution in [1.29, 1.82) is 0 Å². The van der Waals surface area contributed by atoms with Gasteiger partial charge in [0.2, 0.25) is 0 Å². The fourth-order valence-corrected chi connectivity index (χ4v) is 9.46. The highest BCUT2D eigenvalue weighted by molar-refractivity contribution is 5.85. The lowest BCUT2D eigenvalue weighted by Crippen LogP contribution is -2.56. The molecule has 0 unspecified atom stereocenters. The van der Waals surface area contributed by atoms with E-state index in [4.69, 9.17) is 0 Å². The number of aliphatic hydroxyl groups excluding tert-OH is 1. The van der Waals surface area contributed by atoms with Gasteiger partial charge in [-0.15, -0.1) is 0 Å². The van der Waals surface area contributed by atoms with Crippen LogP contribution in [-0.4, -0.2) is 17.0 Å². The van der Waals surface area contributed by atoms with Gasteiger partial charge in [0, 0.05) is 17.8 Å². The number of aliphatic hydroxyl groups is 1. The highest BCUT2D eigenvalue weighted by atomic mass is 16.3. The normalized spacial score (nSPS) is 45.9. The molecular formula is C29H44O2. The molecule has 31 heavy (non-hydrogen) atoms. The Morgan fingerprint density at radius 2 is 1.94 bits per heavy atom. The molecule has 0 aromatic rings. The topological polar surface area (TPSA) is 37.3 Å². The largest absolute Gasteiger partial charge is 0.392 e. The van der Waals surface area contributed by atoms with Crippen LogP contribution in [-0.2, 0) is 4.79 Å². The van der Waals surface area contributed by atoms with Crippen LogP contribution in [0.3, 0.4) is 0 Å². The number of Topliss-reactive ketones (excluding diaryl/α,β-unsaturated/α-hetero) is 1. The average molecular weight is 425 g/mol. The van der Waals surface area contributed by atoms with Crippen LogP contribution in [0.15, 0.2) is 23.3 Å². The standard InChI is InChI=1S/C29H44O2/c1-18(2)7-6-8-19(3)21-10-11-22-20-9-12-24-27(4,14-13-25(31)29(24)15-16-29)26(20)23(30)17-28(21,22)5/h7,12,19-22,25-26,31H,6,8-11,13-17H2,1-5H3/t19-,20+,21-,22+,25+,26-,27+,28-/m1/s1. The molecule has 5 aliphatic rings. The Morgan fingerprint density at radius 1 is 1.19 bits per heavy atom. The van der Waals surface area contributed by atoms with Gasteiger partial charge in [0.15, 0.2) is 0 Å². The van der Waals surface area contributed by atoms with E-state index < -0.39 is 0 Å². The molecule has 1 N–H and O–H groups in total. The monoisotopic (exact) mass is 424 g/mol. The molecule has 0 amide bonds. The first kappa shape index (κ1) is 21.9. The summed E-state index contributed by atoms with van der Waals surface area (Å²) in [6.45, 7) is 11.7. The van der Waals surface area contributed by atoms with Crippen molar-refractivity contribution in [2.75, 3.05) is 0 Å². The summed E-state index contributed by atoms with van der Waals surface area (Å²) in [4.78, 5) is 13.9. The number of hydrogen-bond acceptors (Lipinski definition) is 2. The predicted octanol–water partition coefficient (Wildman–Crippen LogP) is 6.88. The number of hydrogen-bond donors (Lipinski definition) is 1. The van der Waals surface area contributed by atoms with Crippen molar-refractivity contribution < 1.29 is 9.90 Å². The van der Waals surface area contributed by atoms with E-state index in [0.29, 0.717) is 29.5 Å². The second kappa shape index (κ2) is 7.31. The Balaban J connectivity index is 1.42. The van der Waals surface area contributed by atoms with Crippen molar-refractivity contribution in [1.82, 2.24) is 0 Å². The molecule has 4 fully saturated rings. The fourth-order valence-electron chi connectivity index (χ4n) is 9.46. The van der Waals surface area contributed by atoms with E-state index in [1.54, 1.807) is 0 Å². The van der Waals surface area contributed by atoms with Gasteiger partial charge in [-0.25, -0.2) is 0 Å². The van der Waals surface area contributed by atoms with Crippen molar-refractivity contribution in [2.45, 2.75) is 105 Å². The molecule has 0 aromatic carbocycles. The number of carbonyl (C=O) groups excluding carboxylic acids is 1. The zero-order valence-electron chi connectivity index (χ0n) is 20.5. The zero-order chi connectivity index (χ0) is 22.2. The van der Waals surface area contributed by atoms with Crippen LogP contribution in [0.4, 0.5) is 0 Å². The minimum absolute atomic E-state index is 0.00418. The molecule has 5 rings (SSSR count). The first-order valence-electron chi connectivity index (χ1n) is 13.2. The van der Waals surface area contributed by atoms with Gasteiger partial charge in [-0.05, 0) is 106 Å². The Hall–Kier alpha value is -0.890. The van der Waals surface area contributed by atoms with E-state index in [-0.39, 0.29) is 28.3 Å². The molecule has 1 spiro atoms. The van der Waals surface area contributed by atoms with E-state index in [9.17, 15) is 9.90 Å². The van der Waals surface area contributed by atoms with E-state index in [0.717, 1.165) is 38.5 Å². The fraction of sp³-hybridized carbons (Fsp3) is 0.828. The second-order valence-electron chi connectivity index (χ2n) is 12.9. The summed E-state index contributed by atoms with van der Waals surface area (Å²) in [6.07, 6.45) is 15.8. The van der Waals surface area contributed by atoms with Crippen molar-refractivity contribution in [3.63, 3.8) is 0 Å². The number of carbonyl (C=O) groups is 1. The second-order valence-corrected chi connectivity index (χ2v) is 12.9. The van der Waals surface area contributed by atoms with Gasteiger partial charge in [0.25, 0.3) is 0 Å². The predicted molar refractivity (Wildman–Crippen MR) is 126 cm³/mol. The molecule has 0 aromatic heterocycles. The molecule has 0 heterocycles. The summed E-state index contributed by atoms with van der Waals surface area (Å²) in [6, 6.07) is 0. The van der Waals surface area contributed by atoms with Gasteiger partial charge in [-0.1, -0.05) is 44.1 Å². The van der Waals surface area contributed by atoms with Crippen LogP contribution in [0.2, 0.25) is 0 Å². The quantitative estimate of drug-likeness (QED) is 0.500. The minimum atomic E-state index is -0.176. The molecule has 2 nitrogen and oxygen atoms in total. The smallest absolute Gasteiger partial charge is 0.137 e. The average Bonchev–Trinajstić information content (AvgIpc) is 3.40. The number of ketones is 1. The summed E-state index contributed by atoms with van der Waals surface area (Å²) in [5, 5.41) is 10.8. The number of fused-ring (bicyclic) bond motifs is 6. The van der Waals surface area contributed by atoms with Gasteiger partial charge < -0.3 is 5.11 Å². The van der Waals surface area contributed by atoms with Crippen molar-refractivity contribution in [2.24, 2.45) is 45.8 Å². The Labute approximate surface area is 190 Å². The van der Waals surface area contributed by atoms with Crippen LogP contribution in [0.5, 0.6) is 0 Å². The van der Waals surface area contributed by atoms with Gasteiger partial charge in [-0.3, -0.25) is 4.79 Å². The molecule has 4 saturated carbocycles. The van der Waals surface area contributed by atoms with Crippen molar-refractivity contribution in [3.05, 3.63) is 23.3 Å². The van der Waals surface area contributed by atoms with E-state index in [1.807, 2.05) is 0 Å². The SMILES string of the molecule is CC(C)=CCC[C@@H](C)[C@H]1CC[C@H]2[C@@H]3CC=C4C5(CC5)[C@@H](O)CC[C@]4(C)[C@H]3C(=O)C[C@]12C. The Kier molecular flexibility index (Phi) is 5.17. The summed E-state index contributed by atoms with van der Waals surface area (Å²) < 4.78 is 0. The zero-order valence-corrected chi connectivity index (χ0v) is 20.5. The molecule has 0 bridgehead atoms. The first-order chi connectivity index (χ1) is 14.6. The van der Waals surface area contributed by atoms with Crippen molar-refractivity contribution >= 4 is 5.78 Å². The third-order valence-corrected chi connectivity index (χ3v) is 11.0. The maximum Gasteiger partial charge on any atom is 0.137 e. The molecule has 2 heteroatoms. The van der Waals surface area contributed by atoms with Gasteiger partial charge in [0.1, 0.15) is 5.78 Å². The first-order valence-corrected chi connectivity index (χ1v) is 13.2. The van der Waals surface area contributed by atoms with Crippen LogP contribution in [0, 0.1) is 45.8 Å². The summed E-state index contributed by atoms with van der Waals surface area (Å²) in [7, 11) is 0. The van der Waals surface area contributed by atoms with Gasteiger partial charge in [0.05, 0.1) is 6.10 Å².